The highest BCUT2D eigenvalue weighted by molar-refractivity contribution is 5.86. The van der Waals surface area contributed by atoms with E-state index in [2.05, 4.69) is 0 Å². The average Bonchev–Trinajstić information content (AvgIpc) is 2.91. The maximum Gasteiger partial charge on any atom is 0.229 e. The molecule has 1 fully saturated rings. The molecule has 2 heterocycles. The van der Waals surface area contributed by atoms with Crippen LogP contribution in [0.5, 0.6) is 5.75 Å². The number of benzene rings is 1. The first-order chi connectivity index (χ1) is 10.0. The van der Waals surface area contributed by atoms with Crippen LogP contribution in [0.1, 0.15) is 0 Å². The summed E-state index contributed by atoms with van der Waals surface area (Å²) < 4.78 is 25.8. The highest BCUT2D eigenvalue weighted by Gasteiger charge is 2.44. The maximum absolute atomic E-state index is 13.3. The van der Waals surface area contributed by atoms with Crippen LogP contribution in [0.3, 0.4) is 0 Å². The lowest BCUT2D eigenvalue weighted by atomic mass is 10.1. The molecule has 1 aromatic carbocycles. The molecule has 6 nitrogen and oxygen atoms in total. The summed E-state index contributed by atoms with van der Waals surface area (Å²) >= 11 is 0. The number of aryl methyl sites for hydroxylation is 1. The summed E-state index contributed by atoms with van der Waals surface area (Å²) in [5.41, 5.74) is 0.636. The van der Waals surface area contributed by atoms with E-state index in [4.69, 9.17) is 14.6 Å². The van der Waals surface area contributed by atoms with E-state index in [1.54, 1.807) is 23.9 Å². The molecule has 0 unspecified atom stereocenters. The van der Waals surface area contributed by atoms with Crippen molar-refractivity contribution in [1.29, 1.82) is 0 Å². The van der Waals surface area contributed by atoms with Crippen LogP contribution in [-0.2, 0) is 11.8 Å². The van der Waals surface area contributed by atoms with E-state index in [-0.39, 0.29) is 5.82 Å². The van der Waals surface area contributed by atoms with Crippen LogP contribution in [0.2, 0.25) is 0 Å². The molecule has 3 rings (SSSR count). The minimum Gasteiger partial charge on any atom is -0.460 e. The van der Waals surface area contributed by atoms with Gasteiger partial charge in [0.15, 0.2) is 0 Å². The Morgan fingerprint density at radius 1 is 1.33 bits per heavy atom. The molecule has 0 amide bonds. The maximum atomic E-state index is 13.3. The van der Waals surface area contributed by atoms with Crippen molar-refractivity contribution < 1.29 is 29.2 Å². The molecule has 0 aliphatic carbocycles. The lowest BCUT2D eigenvalue weighted by Crippen LogP contribution is -2.35. The van der Waals surface area contributed by atoms with Gasteiger partial charge in [-0.05, 0) is 18.2 Å². The molecular weight excluding hydrogens is 281 g/mol. The molecule has 4 atom stereocenters. The minimum atomic E-state index is -1.27. The second kappa shape index (κ2) is 5.27. The van der Waals surface area contributed by atoms with Gasteiger partial charge >= 0.3 is 0 Å². The van der Waals surface area contributed by atoms with Crippen molar-refractivity contribution >= 4 is 10.9 Å². The second-order valence-electron chi connectivity index (χ2n) is 5.09. The van der Waals surface area contributed by atoms with E-state index in [1.165, 1.54) is 12.1 Å². The normalized spacial score (nSPS) is 29.2. The first-order valence-electron chi connectivity index (χ1n) is 6.55. The third-order valence-corrected chi connectivity index (χ3v) is 3.66. The minimum absolute atomic E-state index is 0.358. The summed E-state index contributed by atoms with van der Waals surface area (Å²) in [5, 5.41) is 29.3. The zero-order chi connectivity index (χ0) is 15.1. The van der Waals surface area contributed by atoms with Crippen molar-refractivity contribution in [3.05, 3.63) is 30.2 Å². The molecule has 2 aromatic rings. The number of aromatic nitrogens is 1. The number of aliphatic hydroxyl groups is 3. The van der Waals surface area contributed by atoms with Crippen LogP contribution < -0.4 is 4.74 Å². The van der Waals surface area contributed by atoms with E-state index in [0.29, 0.717) is 16.7 Å². The summed E-state index contributed by atoms with van der Waals surface area (Å²) in [5.74, 6) is 0.0468. The Labute approximate surface area is 119 Å². The van der Waals surface area contributed by atoms with Crippen molar-refractivity contribution in [2.75, 3.05) is 6.61 Å². The number of fused-ring (bicyclic) bond motifs is 1. The molecule has 1 saturated heterocycles. The number of aliphatic hydroxyl groups excluding tert-OH is 3. The van der Waals surface area contributed by atoms with E-state index in [1.807, 2.05) is 0 Å². The predicted molar refractivity (Wildman–Crippen MR) is 71.3 cm³/mol. The summed E-state index contributed by atoms with van der Waals surface area (Å²) in [6.07, 6.45) is -2.82. The number of hydrogen-bond acceptors (Lipinski definition) is 5. The molecule has 1 aliphatic rings. The Morgan fingerprint density at radius 2 is 2.10 bits per heavy atom. The third-order valence-electron chi connectivity index (χ3n) is 3.66. The first-order valence-corrected chi connectivity index (χ1v) is 6.55. The molecule has 0 radical (unpaired) electrons. The predicted octanol–water partition coefficient (Wildman–Crippen LogP) is 0.135. The van der Waals surface area contributed by atoms with Crippen molar-refractivity contribution in [3.8, 4) is 5.75 Å². The largest absolute Gasteiger partial charge is 0.460 e. The van der Waals surface area contributed by atoms with Gasteiger partial charge in [-0.1, -0.05) is 0 Å². The quantitative estimate of drug-likeness (QED) is 0.750. The lowest BCUT2D eigenvalue weighted by Gasteiger charge is -2.16. The molecular formula is C14H16FNO5. The van der Waals surface area contributed by atoms with Gasteiger partial charge in [-0.2, -0.15) is 0 Å². The van der Waals surface area contributed by atoms with Gasteiger partial charge in [0.1, 0.15) is 29.9 Å². The summed E-state index contributed by atoms with van der Waals surface area (Å²) in [6, 6.07) is 4.26. The average molecular weight is 297 g/mol. The van der Waals surface area contributed by atoms with Crippen LogP contribution in [0, 0.1) is 5.82 Å². The Morgan fingerprint density at radius 3 is 2.76 bits per heavy atom. The molecule has 3 N–H and O–H groups in total. The fraction of sp³-hybridized carbons (Fsp3) is 0.429. The molecule has 1 aliphatic heterocycles. The molecule has 0 saturated carbocycles. The van der Waals surface area contributed by atoms with Gasteiger partial charge < -0.3 is 29.4 Å². The van der Waals surface area contributed by atoms with E-state index in [9.17, 15) is 14.6 Å². The number of halogens is 1. The smallest absolute Gasteiger partial charge is 0.229 e. The Balaban J connectivity index is 1.89. The molecule has 0 spiro atoms. The van der Waals surface area contributed by atoms with Crippen LogP contribution >= 0.6 is 0 Å². The van der Waals surface area contributed by atoms with Crippen LogP contribution in [-0.4, -0.2) is 51.1 Å². The van der Waals surface area contributed by atoms with Crippen molar-refractivity contribution in [2.45, 2.75) is 24.6 Å². The van der Waals surface area contributed by atoms with Crippen LogP contribution in [0.4, 0.5) is 4.39 Å². The SMILES string of the molecule is Cn1cc(O[C@@H]2O[C@H](CO)[C@@H](O)[C@H]2O)c2ccc(F)cc21. The Kier molecular flexibility index (Phi) is 3.58. The lowest BCUT2D eigenvalue weighted by molar-refractivity contribution is -0.115. The van der Waals surface area contributed by atoms with Crippen molar-refractivity contribution in [3.63, 3.8) is 0 Å². The fourth-order valence-corrected chi connectivity index (χ4v) is 2.50. The van der Waals surface area contributed by atoms with Gasteiger partial charge in [-0.3, -0.25) is 0 Å². The monoisotopic (exact) mass is 297 g/mol. The zero-order valence-corrected chi connectivity index (χ0v) is 11.3. The van der Waals surface area contributed by atoms with Crippen LogP contribution in [0.25, 0.3) is 10.9 Å². The number of nitrogens with zero attached hydrogens (tertiary/aromatic N) is 1. The molecule has 0 bridgehead atoms. The summed E-state index contributed by atoms with van der Waals surface area (Å²) in [6.45, 7) is -0.418. The zero-order valence-electron chi connectivity index (χ0n) is 11.3. The fourth-order valence-electron chi connectivity index (χ4n) is 2.50. The first kappa shape index (κ1) is 14.3. The van der Waals surface area contributed by atoms with Crippen LogP contribution in [0.15, 0.2) is 24.4 Å². The summed E-state index contributed by atoms with van der Waals surface area (Å²) in [4.78, 5) is 0. The van der Waals surface area contributed by atoms with Gasteiger partial charge in [0.2, 0.25) is 6.29 Å². The Hall–Kier alpha value is -1.67. The van der Waals surface area contributed by atoms with E-state index in [0.717, 1.165) is 0 Å². The van der Waals surface area contributed by atoms with E-state index < -0.39 is 31.2 Å². The van der Waals surface area contributed by atoms with Gasteiger partial charge in [0, 0.05) is 18.6 Å². The van der Waals surface area contributed by atoms with Gasteiger partial charge in [0.05, 0.1) is 12.1 Å². The third kappa shape index (κ3) is 2.38. The standard InChI is InChI=1S/C14H16FNO5/c1-16-5-10(8-3-2-7(15)4-9(8)16)20-14-13(19)12(18)11(6-17)21-14/h2-5,11-14,17-19H,6H2,1H3/t11-,12-,13-,14-/m1/s1. The second-order valence-corrected chi connectivity index (χ2v) is 5.09. The molecule has 1 aromatic heterocycles. The number of hydrogen-bond donors (Lipinski definition) is 3. The highest BCUT2D eigenvalue weighted by atomic mass is 19.1. The van der Waals surface area contributed by atoms with Gasteiger partial charge in [0.25, 0.3) is 0 Å². The molecule has 21 heavy (non-hydrogen) atoms. The number of ether oxygens (including phenoxy) is 2. The molecule has 114 valence electrons. The van der Waals surface area contributed by atoms with Crippen molar-refractivity contribution in [1.82, 2.24) is 4.57 Å². The van der Waals surface area contributed by atoms with E-state index >= 15 is 0 Å². The van der Waals surface area contributed by atoms with Gasteiger partial charge in [-0.15, -0.1) is 0 Å². The highest BCUT2D eigenvalue weighted by Crippen LogP contribution is 2.31. The number of rotatable bonds is 3. The van der Waals surface area contributed by atoms with Gasteiger partial charge in [-0.25, -0.2) is 4.39 Å². The Bertz CT molecular complexity index is 658. The molecule has 7 heteroatoms. The van der Waals surface area contributed by atoms with Crippen molar-refractivity contribution in [2.24, 2.45) is 7.05 Å². The summed E-state index contributed by atoms with van der Waals surface area (Å²) in [7, 11) is 1.74. The topological polar surface area (TPSA) is 84.1 Å².